The van der Waals surface area contributed by atoms with Crippen molar-refractivity contribution < 1.29 is 18.9 Å². The average molecular weight is 386 g/mol. The smallest absolute Gasteiger partial charge is 0.123 e. The third-order valence-electron chi connectivity index (χ3n) is 5.13. The number of benzene rings is 2. The van der Waals surface area contributed by atoms with Gasteiger partial charge < -0.3 is 24.3 Å². The SMILES string of the molecule is COc1ccc([C@@H](CNCc2cc(OC)ccc2OC)N2CCOCC2)cc1. The Labute approximate surface area is 167 Å². The third-order valence-corrected chi connectivity index (χ3v) is 5.13. The van der Waals surface area contributed by atoms with Crippen LogP contribution in [0.15, 0.2) is 42.5 Å². The van der Waals surface area contributed by atoms with E-state index in [2.05, 4.69) is 22.3 Å². The zero-order valence-electron chi connectivity index (χ0n) is 16.9. The maximum atomic E-state index is 5.54. The summed E-state index contributed by atoms with van der Waals surface area (Å²) < 4.78 is 21.7. The van der Waals surface area contributed by atoms with Crippen LogP contribution in [0.2, 0.25) is 0 Å². The second-order valence-corrected chi connectivity index (χ2v) is 6.75. The zero-order valence-corrected chi connectivity index (χ0v) is 16.9. The van der Waals surface area contributed by atoms with Crippen molar-refractivity contribution in [1.82, 2.24) is 10.2 Å². The number of ether oxygens (including phenoxy) is 4. The Kier molecular flexibility index (Phi) is 7.54. The Bertz CT molecular complexity index is 730. The summed E-state index contributed by atoms with van der Waals surface area (Å²) in [4.78, 5) is 2.47. The topological polar surface area (TPSA) is 52.2 Å². The van der Waals surface area contributed by atoms with Crippen molar-refractivity contribution in [3.63, 3.8) is 0 Å². The molecule has 0 unspecified atom stereocenters. The summed E-state index contributed by atoms with van der Waals surface area (Å²) in [6.45, 7) is 4.94. The number of morpholine rings is 1. The van der Waals surface area contributed by atoms with E-state index < -0.39 is 0 Å². The summed E-state index contributed by atoms with van der Waals surface area (Å²) in [5, 5.41) is 3.60. The highest BCUT2D eigenvalue weighted by atomic mass is 16.5. The summed E-state index contributed by atoms with van der Waals surface area (Å²) in [6, 6.07) is 14.5. The second-order valence-electron chi connectivity index (χ2n) is 6.75. The molecule has 3 rings (SSSR count). The van der Waals surface area contributed by atoms with Gasteiger partial charge in [0, 0.05) is 37.8 Å². The molecule has 2 aromatic carbocycles. The Morgan fingerprint density at radius 3 is 2.25 bits per heavy atom. The first-order valence-electron chi connectivity index (χ1n) is 9.62. The molecule has 1 aliphatic rings. The van der Waals surface area contributed by atoms with Crippen LogP contribution in [0.3, 0.4) is 0 Å². The van der Waals surface area contributed by atoms with Gasteiger partial charge in [0.15, 0.2) is 0 Å². The summed E-state index contributed by atoms with van der Waals surface area (Å²) in [7, 11) is 5.06. The number of methoxy groups -OCH3 is 3. The van der Waals surface area contributed by atoms with Gasteiger partial charge in [-0.05, 0) is 35.9 Å². The molecular formula is C22H30N2O4. The fraction of sp³-hybridized carbons (Fsp3) is 0.455. The summed E-state index contributed by atoms with van der Waals surface area (Å²) in [5.41, 5.74) is 2.35. The molecule has 0 spiro atoms. The molecule has 6 nitrogen and oxygen atoms in total. The van der Waals surface area contributed by atoms with Crippen molar-refractivity contribution in [3.8, 4) is 17.2 Å². The average Bonchev–Trinajstić information content (AvgIpc) is 2.77. The van der Waals surface area contributed by atoms with Gasteiger partial charge in [-0.1, -0.05) is 12.1 Å². The first-order chi connectivity index (χ1) is 13.7. The van der Waals surface area contributed by atoms with Gasteiger partial charge in [0.05, 0.1) is 34.5 Å². The minimum atomic E-state index is 0.270. The lowest BCUT2D eigenvalue weighted by atomic mass is 10.0. The summed E-state index contributed by atoms with van der Waals surface area (Å²) in [5.74, 6) is 2.57. The maximum Gasteiger partial charge on any atom is 0.123 e. The molecule has 2 aromatic rings. The normalized spacial score (nSPS) is 15.8. The van der Waals surface area contributed by atoms with Crippen molar-refractivity contribution in [2.24, 2.45) is 0 Å². The lowest BCUT2D eigenvalue weighted by Gasteiger charge is -2.35. The fourth-order valence-corrected chi connectivity index (χ4v) is 3.54. The maximum absolute atomic E-state index is 5.54. The molecule has 0 aromatic heterocycles. The zero-order chi connectivity index (χ0) is 19.8. The Morgan fingerprint density at radius 2 is 1.61 bits per heavy atom. The summed E-state index contributed by atoms with van der Waals surface area (Å²) in [6.07, 6.45) is 0. The molecule has 0 radical (unpaired) electrons. The molecule has 1 atom stereocenters. The predicted molar refractivity (Wildman–Crippen MR) is 109 cm³/mol. The van der Waals surface area contributed by atoms with Gasteiger partial charge in [-0.15, -0.1) is 0 Å². The Balaban J connectivity index is 1.70. The molecule has 28 heavy (non-hydrogen) atoms. The minimum absolute atomic E-state index is 0.270. The summed E-state index contributed by atoms with van der Waals surface area (Å²) >= 11 is 0. The van der Waals surface area contributed by atoms with Gasteiger partial charge in [0.25, 0.3) is 0 Å². The van der Waals surface area contributed by atoms with Crippen LogP contribution in [0.25, 0.3) is 0 Å². The third kappa shape index (κ3) is 5.16. The van der Waals surface area contributed by atoms with Crippen molar-refractivity contribution in [2.75, 3.05) is 54.2 Å². The van der Waals surface area contributed by atoms with E-state index in [0.717, 1.165) is 55.7 Å². The van der Waals surface area contributed by atoms with Crippen LogP contribution in [0, 0.1) is 0 Å². The first-order valence-corrected chi connectivity index (χ1v) is 9.62. The van der Waals surface area contributed by atoms with Crippen LogP contribution in [-0.2, 0) is 11.3 Å². The van der Waals surface area contributed by atoms with Crippen LogP contribution in [0.4, 0.5) is 0 Å². The molecule has 1 N–H and O–H groups in total. The lowest BCUT2D eigenvalue weighted by molar-refractivity contribution is 0.0161. The van der Waals surface area contributed by atoms with Crippen LogP contribution in [0.5, 0.6) is 17.2 Å². The van der Waals surface area contributed by atoms with Crippen molar-refractivity contribution in [1.29, 1.82) is 0 Å². The Hall–Kier alpha value is -2.28. The van der Waals surface area contributed by atoms with Gasteiger partial charge in [-0.25, -0.2) is 0 Å². The minimum Gasteiger partial charge on any atom is -0.497 e. The molecule has 6 heteroatoms. The van der Waals surface area contributed by atoms with Crippen molar-refractivity contribution in [3.05, 3.63) is 53.6 Å². The number of nitrogens with one attached hydrogen (secondary N) is 1. The monoisotopic (exact) mass is 386 g/mol. The fourth-order valence-electron chi connectivity index (χ4n) is 3.54. The molecule has 1 aliphatic heterocycles. The van der Waals surface area contributed by atoms with E-state index in [1.807, 2.05) is 30.3 Å². The molecular weight excluding hydrogens is 356 g/mol. The van der Waals surface area contributed by atoms with E-state index in [0.29, 0.717) is 6.54 Å². The lowest BCUT2D eigenvalue weighted by Crippen LogP contribution is -2.42. The van der Waals surface area contributed by atoms with Gasteiger partial charge >= 0.3 is 0 Å². The standard InChI is InChI=1S/C22H30N2O4/c1-25-19-6-4-17(5-7-19)21(24-10-12-28-13-11-24)16-23-15-18-14-20(26-2)8-9-22(18)27-3/h4-9,14,21,23H,10-13,15-16H2,1-3H3/t21-/m1/s1. The molecule has 152 valence electrons. The van der Waals surface area contributed by atoms with Crippen LogP contribution in [0.1, 0.15) is 17.2 Å². The molecule has 1 heterocycles. The van der Waals surface area contributed by atoms with Crippen LogP contribution in [-0.4, -0.2) is 59.1 Å². The highest BCUT2D eigenvalue weighted by Gasteiger charge is 2.22. The van der Waals surface area contributed by atoms with E-state index in [1.54, 1.807) is 21.3 Å². The first kappa shape index (κ1) is 20.5. The number of hydrogen-bond donors (Lipinski definition) is 1. The van der Waals surface area contributed by atoms with E-state index >= 15 is 0 Å². The molecule has 1 fully saturated rings. The highest BCUT2D eigenvalue weighted by molar-refractivity contribution is 5.40. The van der Waals surface area contributed by atoms with Gasteiger partial charge in [0.1, 0.15) is 17.2 Å². The molecule has 0 amide bonds. The molecule has 1 saturated heterocycles. The quantitative estimate of drug-likeness (QED) is 0.715. The van der Waals surface area contributed by atoms with Gasteiger partial charge in [0.2, 0.25) is 0 Å². The number of rotatable bonds is 9. The van der Waals surface area contributed by atoms with Crippen molar-refractivity contribution >= 4 is 0 Å². The molecule has 0 bridgehead atoms. The molecule has 0 saturated carbocycles. The number of hydrogen-bond acceptors (Lipinski definition) is 6. The van der Waals surface area contributed by atoms with E-state index in [1.165, 1.54) is 5.56 Å². The van der Waals surface area contributed by atoms with E-state index in [9.17, 15) is 0 Å². The largest absolute Gasteiger partial charge is 0.497 e. The van der Waals surface area contributed by atoms with Crippen molar-refractivity contribution in [2.45, 2.75) is 12.6 Å². The Morgan fingerprint density at radius 1 is 0.929 bits per heavy atom. The van der Waals surface area contributed by atoms with Crippen LogP contribution >= 0.6 is 0 Å². The van der Waals surface area contributed by atoms with E-state index in [-0.39, 0.29) is 6.04 Å². The van der Waals surface area contributed by atoms with E-state index in [4.69, 9.17) is 18.9 Å². The van der Waals surface area contributed by atoms with Crippen LogP contribution < -0.4 is 19.5 Å². The van der Waals surface area contributed by atoms with Gasteiger partial charge in [-0.3, -0.25) is 4.90 Å². The molecule has 0 aliphatic carbocycles. The second kappa shape index (κ2) is 10.3. The van der Waals surface area contributed by atoms with Gasteiger partial charge in [-0.2, -0.15) is 0 Å². The highest BCUT2D eigenvalue weighted by Crippen LogP contribution is 2.26. The predicted octanol–water partition coefficient (Wildman–Crippen LogP) is 2.88. The number of nitrogens with zero attached hydrogens (tertiary/aromatic N) is 1.